The number of benzene rings is 1. The molecular weight excluding hydrogens is 300 g/mol. The van der Waals surface area contributed by atoms with E-state index in [1.165, 1.54) is 11.1 Å². The summed E-state index contributed by atoms with van der Waals surface area (Å²) in [5, 5.41) is 10.9. The summed E-state index contributed by atoms with van der Waals surface area (Å²) in [4.78, 5) is 13.0. The molecule has 0 radical (unpaired) electrons. The average molecular weight is 326 g/mol. The first-order valence-electron chi connectivity index (χ1n) is 8.67. The second-order valence-corrected chi connectivity index (χ2v) is 6.76. The number of nitrogens with one attached hydrogen (secondary N) is 2. The number of aryl methyl sites for hydroxylation is 1. The SMILES string of the molecule is Cc1cccc(C(C)CNC(=O)C2(n3cccn3)CCNCC2)c1. The molecule has 0 saturated carbocycles. The molecule has 3 rings (SSSR count). The molecule has 1 atom stereocenters. The van der Waals surface area contributed by atoms with Crippen LogP contribution in [0.1, 0.15) is 36.8 Å². The number of aromatic nitrogens is 2. The van der Waals surface area contributed by atoms with Gasteiger partial charge in [-0.2, -0.15) is 5.10 Å². The lowest BCUT2D eigenvalue weighted by Gasteiger charge is -2.36. The van der Waals surface area contributed by atoms with E-state index in [1.807, 2.05) is 16.9 Å². The third-order valence-electron chi connectivity index (χ3n) is 4.98. The maximum atomic E-state index is 13.0. The largest absolute Gasteiger partial charge is 0.353 e. The summed E-state index contributed by atoms with van der Waals surface area (Å²) in [5.41, 5.74) is 1.94. The molecular formula is C19H26N4O. The maximum Gasteiger partial charge on any atom is 0.248 e. The number of nitrogens with zero attached hydrogens (tertiary/aromatic N) is 2. The summed E-state index contributed by atoms with van der Waals surface area (Å²) < 4.78 is 1.83. The molecule has 1 unspecified atom stereocenters. The zero-order valence-corrected chi connectivity index (χ0v) is 14.5. The standard InChI is InChI=1S/C19H26N4O/c1-15-5-3-6-17(13-15)16(2)14-21-18(24)19(7-10-20-11-8-19)23-12-4-9-22-23/h3-6,9,12-13,16,20H,7-8,10-11,14H2,1-2H3,(H,21,24). The van der Waals surface area contributed by atoms with Crippen LogP contribution in [0.3, 0.4) is 0 Å². The monoisotopic (exact) mass is 326 g/mol. The van der Waals surface area contributed by atoms with Crippen molar-refractivity contribution in [3.63, 3.8) is 0 Å². The summed E-state index contributed by atoms with van der Waals surface area (Å²) in [6, 6.07) is 10.4. The molecule has 0 spiro atoms. The Kier molecular flexibility index (Phi) is 5.00. The highest BCUT2D eigenvalue weighted by atomic mass is 16.2. The Morgan fingerprint density at radius 1 is 1.38 bits per heavy atom. The smallest absolute Gasteiger partial charge is 0.248 e. The van der Waals surface area contributed by atoms with Crippen LogP contribution in [-0.2, 0) is 10.3 Å². The number of carbonyl (C=O) groups is 1. The number of hydrogen-bond donors (Lipinski definition) is 2. The van der Waals surface area contributed by atoms with Crippen LogP contribution in [0.4, 0.5) is 0 Å². The first-order chi connectivity index (χ1) is 11.6. The molecule has 1 aromatic heterocycles. The van der Waals surface area contributed by atoms with Crippen LogP contribution in [0.5, 0.6) is 0 Å². The van der Waals surface area contributed by atoms with E-state index in [0.29, 0.717) is 6.54 Å². The minimum atomic E-state index is -0.568. The summed E-state index contributed by atoms with van der Waals surface area (Å²) >= 11 is 0. The van der Waals surface area contributed by atoms with E-state index in [0.717, 1.165) is 25.9 Å². The number of hydrogen-bond acceptors (Lipinski definition) is 3. The second-order valence-electron chi connectivity index (χ2n) is 6.76. The van der Waals surface area contributed by atoms with Crippen molar-refractivity contribution in [3.05, 3.63) is 53.9 Å². The van der Waals surface area contributed by atoms with Gasteiger partial charge in [0.25, 0.3) is 0 Å². The predicted molar refractivity (Wildman–Crippen MR) is 94.9 cm³/mol. The summed E-state index contributed by atoms with van der Waals surface area (Å²) in [6.07, 6.45) is 5.17. The van der Waals surface area contributed by atoms with E-state index in [2.05, 4.69) is 53.8 Å². The lowest BCUT2D eigenvalue weighted by atomic mass is 9.87. The van der Waals surface area contributed by atoms with Crippen molar-refractivity contribution in [1.29, 1.82) is 0 Å². The van der Waals surface area contributed by atoms with Crippen LogP contribution >= 0.6 is 0 Å². The van der Waals surface area contributed by atoms with Gasteiger partial charge in [-0.3, -0.25) is 9.48 Å². The van der Waals surface area contributed by atoms with Gasteiger partial charge in [0.05, 0.1) is 0 Å². The topological polar surface area (TPSA) is 59.0 Å². The van der Waals surface area contributed by atoms with Gasteiger partial charge in [-0.15, -0.1) is 0 Å². The zero-order valence-electron chi connectivity index (χ0n) is 14.5. The molecule has 0 bridgehead atoms. The molecule has 1 aliphatic rings. The van der Waals surface area contributed by atoms with Crippen LogP contribution < -0.4 is 10.6 Å². The van der Waals surface area contributed by atoms with Crippen molar-refractivity contribution in [2.75, 3.05) is 19.6 Å². The first kappa shape index (κ1) is 16.7. The van der Waals surface area contributed by atoms with E-state index >= 15 is 0 Å². The van der Waals surface area contributed by atoms with Gasteiger partial charge in [-0.05, 0) is 50.4 Å². The highest BCUT2D eigenvalue weighted by Gasteiger charge is 2.41. The highest BCUT2D eigenvalue weighted by Crippen LogP contribution is 2.27. The third-order valence-corrected chi connectivity index (χ3v) is 4.98. The number of carbonyl (C=O) groups excluding carboxylic acids is 1. The van der Waals surface area contributed by atoms with Crippen LogP contribution in [0.2, 0.25) is 0 Å². The maximum absolute atomic E-state index is 13.0. The fourth-order valence-electron chi connectivity index (χ4n) is 3.43. The fourth-order valence-corrected chi connectivity index (χ4v) is 3.43. The summed E-state index contributed by atoms with van der Waals surface area (Å²) in [6.45, 7) is 6.55. The van der Waals surface area contributed by atoms with Crippen molar-refractivity contribution >= 4 is 5.91 Å². The summed E-state index contributed by atoms with van der Waals surface area (Å²) in [5.74, 6) is 0.359. The minimum Gasteiger partial charge on any atom is -0.353 e. The fraction of sp³-hybridized carbons (Fsp3) is 0.474. The molecule has 2 aromatic rings. The van der Waals surface area contributed by atoms with Gasteiger partial charge in [0, 0.05) is 18.9 Å². The molecule has 1 amide bonds. The molecule has 2 heterocycles. The van der Waals surface area contributed by atoms with Gasteiger partial charge in [-0.25, -0.2) is 0 Å². The van der Waals surface area contributed by atoms with Gasteiger partial charge in [0.1, 0.15) is 5.54 Å². The van der Waals surface area contributed by atoms with Crippen LogP contribution in [0.15, 0.2) is 42.7 Å². The Hall–Kier alpha value is -2.14. The van der Waals surface area contributed by atoms with Gasteiger partial charge in [0.15, 0.2) is 0 Å². The van der Waals surface area contributed by atoms with Gasteiger partial charge < -0.3 is 10.6 Å². The van der Waals surface area contributed by atoms with E-state index in [9.17, 15) is 4.79 Å². The molecule has 5 nitrogen and oxygen atoms in total. The van der Waals surface area contributed by atoms with Crippen molar-refractivity contribution < 1.29 is 4.79 Å². The van der Waals surface area contributed by atoms with Gasteiger partial charge in [0.2, 0.25) is 5.91 Å². The van der Waals surface area contributed by atoms with E-state index in [-0.39, 0.29) is 11.8 Å². The molecule has 1 fully saturated rings. The van der Waals surface area contributed by atoms with Crippen LogP contribution in [0, 0.1) is 6.92 Å². The second kappa shape index (κ2) is 7.18. The molecule has 1 saturated heterocycles. The molecule has 24 heavy (non-hydrogen) atoms. The number of amides is 1. The van der Waals surface area contributed by atoms with E-state index < -0.39 is 5.54 Å². The summed E-state index contributed by atoms with van der Waals surface area (Å²) in [7, 11) is 0. The Bertz CT molecular complexity index is 674. The Balaban J connectivity index is 1.70. The molecule has 1 aromatic carbocycles. The number of rotatable bonds is 5. The Labute approximate surface area is 143 Å². The molecule has 0 aliphatic carbocycles. The van der Waals surface area contributed by atoms with Gasteiger partial charge >= 0.3 is 0 Å². The minimum absolute atomic E-state index is 0.0761. The zero-order chi connectivity index (χ0) is 17.0. The molecule has 5 heteroatoms. The Morgan fingerprint density at radius 2 is 2.17 bits per heavy atom. The van der Waals surface area contributed by atoms with Crippen molar-refractivity contribution in [3.8, 4) is 0 Å². The quantitative estimate of drug-likeness (QED) is 0.885. The van der Waals surface area contributed by atoms with Crippen LogP contribution in [-0.4, -0.2) is 35.3 Å². The predicted octanol–water partition coefficient (Wildman–Crippen LogP) is 2.19. The molecule has 1 aliphatic heterocycles. The van der Waals surface area contributed by atoms with Crippen molar-refractivity contribution in [2.24, 2.45) is 0 Å². The highest BCUT2D eigenvalue weighted by molar-refractivity contribution is 5.84. The average Bonchev–Trinajstić information content (AvgIpc) is 3.15. The molecule has 128 valence electrons. The van der Waals surface area contributed by atoms with E-state index in [4.69, 9.17) is 0 Å². The lowest BCUT2D eigenvalue weighted by molar-refractivity contribution is -0.132. The van der Waals surface area contributed by atoms with Crippen molar-refractivity contribution in [2.45, 2.75) is 38.1 Å². The normalized spacial score (nSPS) is 18.1. The Morgan fingerprint density at radius 3 is 2.83 bits per heavy atom. The first-order valence-corrected chi connectivity index (χ1v) is 8.67. The van der Waals surface area contributed by atoms with Crippen LogP contribution in [0.25, 0.3) is 0 Å². The lowest BCUT2D eigenvalue weighted by Crippen LogP contribution is -2.55. The van der Waals surface area contributed by atoms with E-state index in [1.54, 1.807) is 6.20 Å². The molecule has 2 N–H and O–H groups in total. The third kappa shape index (κ3) is 3.36. The number of piperidine rings is 1. The van der Waals surface area contributed by atoms with Crippen molar-refractivity contribution in [1.82, 2.24) is 20.4 Å². The van der Waals surface area contributed by atoms with Gasteiger partial charge in [-0.1, -0.05) is 36.8 Å².